The number of hydrogen-bond acceptors (Lipinski definition) is 6. The van der Waals surface area contributed by atoms with Crippen LogP contribution < -0.4 is 0 Å². The van der Waals surface area contributed by atoms with E-state index in [1.165, 1.54) is 11.1 Å². The molecule has 2 aromatic rings. The van der Waals surface area contributed by atoms with E-state index in [4.69, 9.17) is 9.47 Å². The largest absolute Gasteiger partial charge is 0.508 e. The van der Waals surface area contributed by atoms with E-state index in [0.717, 1.165) is 22.3 Å². The van der Waals surface area contributed by atoms with Gasteiger partial charge in [-0.2, -0.15) is 0 Å². The summed E-state index contributed by atoms with van der Waals surface area (Å²) in [6, 6.07) is 10.5. The van der Waals surface area contributed by atoms with E-state index in [1.54, 1.807) is 6.92 Å². The van der Waals surface area contributed by atoms with Crippen LogP contribution in [0.4, 0.5) is 0 Å². The van der Waals surface area contributed by atoms with Gasteiger partial charge in [0, 0.05) is 18.4 Å². The SMILES string of the molecule is Cc1cc2c(cc1O)C[C@H](CO)[C@@H](CO[C@@H]1OC[C@@H](O)[C@H](C)[C@H]1O)C2c1ccc(C)c(C(C)(C)C)c1. The summed E-state index contributed by atoms with van der Waals surface area (Å²) < 4.78 is 11.8. The Hall–Kier alpha value is -1.96. The maximum atomic E-state index is 10.6. The lowest BCUT2D eigenvalue weighted by Gasteiger charge is -2.42. The van der Waals surface area contributed by atoms with Crippen molar-refractivity contribution in [1.29, 1.82) is 0 Å². The molecule has 0 radical (unpaired) electrons. The van der Waals surface area contributed by atoms with Crippen molar-refractivity contribution in [3.63, 3.8) is 0 Å². The number of fused-ring (bicyclic) bond motifs is 1. The quantitative estimate of drug-likeness (QED) is 0.498. The summed E-state index contributed by atoms with van der Waals surface area (Å²) in [5.41, 5.74) is 6.64. The summed E-state index contributed by atoms with van der Waals surface area (Å²) in [6.07, 6.45) is -1.85. The number of phenols is 1. The summed E-state index contributed by atoms with van der Waals surface area (Å²) in [5.74, 6) is -0.301. The van der Waals surface area contributed by atoms with Gasteiger partial charge in [-0.1, -0.05) is 52.0 Å². The van der Waals surface area contributed by atoms with Gasteiger partial charge in [0.1, 0.15) is 11.9 Å². The normalized spacial score (nSPS) is 30.8. The highest BCUT2D eigenvalue weighted by atomic mass is 16.7. The van der Waals surface area contributed by atoms with Gasteiger partial charge in [0.25, 0.3) is 0 Å². The van der Waals surface area contributed by atoms with Crippen LogP contribution in [0.1, 0.15) is 67.0 Å². The van der Waals surface area contributed by atoms with Crippen molar-refractivity contribution in [3.8, 4) is 5.75 Å². The molecule has 2 aromatic carbocycles. The summed E-state index contributed by atoms with van der Waals surface area (Å²) in [5, 5.41) is 41.5. The number of benzene rings is 2. The molecule has 6 heteroatoms. The van der Waals surface area contributed by atoms with Gasteiger partial charge in [-0.3, -0.25) is 0 Å². The first-order valence-electron chi connectivity index (χ1n) is 13.1. The Morgan fingerprint density at radius 2 is 1.78 bits per heavy atom. The zero-order chi connectivity index (χ0) is 26.4. The minimum Gasteiger partial charge on any atom is -0.508 e. The highest BCUT2D eigenvalue weighted by Crippen LogP contribution is 2.46. The Morgan fingerprint density at radius 3 is 2.44 bits per heavy atom. The lowest BCUT2D eigenvalue weighted by atomic mass is 9.66. The molecule has 0 bridgehead atoms. The molecular weight excluding hydrogens is 456 g/mol. The molecule has 1 saturated heterocycles. The molecular formula is C30H42O6. The lowest BCUT2D eigenvalue weighted by Crippen LogP contribution is -2.50. The lowest BCUT2D eigenvalue weighted by molar-refractivity contribution is -0.259. The molecule has 36 heavy (non-hydrogen) atoms. The van der Waals surface area contributed by atoms with Crippen molar-refractivity contribution in [2.75, 3.05) is 19.8 Å². The molecule has 4 rings (SSSR count). The Labute approximate surface area is 214 Å². The molecule has 0 spiro atoms. The zero-order valence-electron chi connectivity index (χ0n) is 22.4. The molecule has 2 aliphatic rings. The number of aliphatic hydroxyl groups excluding tert-OH is 3. The van der Waals surface area contributed by atoms with Crippen LogP contribution in [-0.2, 0) is 21.3 Å². The van der Waals surface area contributed by atoms with Gasteiger partial charge in [-0.15, -0.1) is 0 Å². The van der Waals surface area contributed by atoms with Gasteiger partial charge >= 0.3 is 0 Å². The van der Waals surface area contributed by atoms with E-state index in [-0.39, 0.29) is 48.0 Å². The fraction of sp³-hybridized carbons (Fsp3) is 0.600. The second-order valence-electron chi connectivity index (χ2n) is 11.9. The van der Waals surface area contributed by atoms with Crippen LogP contribution in [0.25, 0.3) is 0 Å². The van der Waals surface area contributed by atoms with Crippen LogP contribution in [0.15, 0.2) is 30.3 Å². The maximum absolute atomic E-state index is 10.6. The van der Waals surface area contributed by atoms with Gasteiger partial charge < -0.3 is 29.9 Å². The highest BCUT2D eigenvalue weighted by molar-refractivity contribution is 5.50. The molecule has 7 atom stereocenters. The molecule has 4 N–H and O–H groups in total. The molecule has 1 fully saturated rings. The third-order valence-electron chi connectivity index (χ3n) is 8.28. The zero-order valence-corrected chi connectivity index (χ0v) is 22.4. The number of ether oxygens (including phenoxy) is 2. The van der Waals surface area contributed by atoms with E-state index in [0.29, 0.717) is 13.0 Å². The smallest absolute Gasteiger partial charge is 0.183 e. The number of phenolic OH excluding ortho intramolecular Hbond substituents is 1. The van der Waals surface area contributed by atoms with E-state index >= 15 is 0 Å². The fourth-order valence-electron chi connectivity index (χ4n) is 5.94. The Kier molecular flexibility index (Phi) is 7.84. The van der Waals surface area contributed by atoms with Gasteiger partial charge in [-0.05, 0) is 77.0 Å². The van der Waals surface area contributed by atoms with Crippen molar-refractivity contribution in [2.45, 2.75) is 77.8 Å². The number of rotatable bonds is 5. The first-order chi connectivity index (χ1) is 16.9. The molecule has 1 aliphatic heterocycles. The number of hydrogen-bond donors (Lipinski definition) is 4. The van der Waals surface area contributed by atoms with Crippen LogP contribution in [-0.4, -0.2) is 58.7 Å². The standard InChI is InChI=1S/C30H42O6/c1-16-7-8-19(11-24(16)30(4,5)6)27-22-9-17(2)25(32)12-20(22)10-21(13-31)23(27)14-35-29-28(34)18(3)26(33)15-36-29/h7-9,11-12,18,21,23,26-29,31-34H,10,13-15H2,1-6H3/t18-,21+,23+,26+,27?,28+,29+/m0/s1. The summed E-state index contributed by atoms with van der Waals surface area (Å²) in [4.78, 5) is 0. The van der Waals surface area contributed by atoms with Gasteiger partial charge in [0.05, 0.1) is 19.3 Å². The predicted molar refractivity (Wildman–Crippen MR) is 139 cm³/mol. The van der Waals surface area contributed by atoms with Crippen molar-refractivity contribution in [1.82, 2.24) is 0 Å². The van der Waals surface area contributed by atoms with Crippen LogP contribution in [0, 0.1) is 31.6 Å². The van der Waals surface area contributed by atoms with Crippen molar-refractivity contribution < 1.29 is 29.9 Å². The monoisotopic (exact) mass is 498 g/mol. The number of aryl methyl sites for hydroxylation is 2. The first-order valence-corrected chi connectivity index (χ1v) is 13.1. The molecule has 1 aliphatic carbocycles. The third-order valence-corrected chi connectivity index (χ3v) is 8.28. The van der Waals surface area contributed by atoms with Crippen LogP contribution in [0.2, 0.25) is 0 Å². The first kappa shape index (κ1) is 27.1. The minimum atomic E-state index is -0.929. The third kappa shape index (κ3) is 5.20. The molecule has 198 valence electrons. The second kappa shape index (κ2) is 10.4. The summed E-state index contributed by atoms with van der Waals surface area (Å²) >= 11 is 0. The Bertz CT molecular complexity index is 1070. The van der Waals surface area contributed by atoms with Crippen molar-refractivity contribution in [2.24, 2.45) is 17.8 Å². The van der Waals surface area contributed by atoms with Crippen molar-refractivity contribution in [3.05, 3.63) is 63.7 Å². The van der Waals surface area contributed by atoms with Gasteiger partial charge in [0.15, 0.2) is 6.29 Å². The van der Waals surface area contributed by atoms with Crippen LogP contribution in [0.3, 0.4) is 0 Å². The number of aromatic hydroxyl groups is 1. The van der Waals surface area contributed by atoms with E-state index in [9.17, 15) is 20.4 Å². The summed E-state index contributed by atoms with van der Waals surface area (Å²) in [6.45, 7) is 12.9. The molecule has 6 nitrogen and oxygen atoms in total. The molecule has 1 heterocycles. The average molecular weight is 499 g/mol. The van der Waals surface area contributed by atoms with Gasteiger partial charge in [0.2, 0.25) is 0 Å². The van der Waals surface area contributed by atoms with E-state index in [2.05, 4.69) is 52.0 Å². The van der Waals surface area contributed by atoms with E-state index in [1.807, 2.05) is 13.0 Å². The van der Waals surface area contributed by atoms with Crippen LogP contribution in [0.5, 0.6) is 5.75 Å². The predicted octanol–water partition coefficient (Wildman–Crippen LogP) is 3.95. The molecule has 0 amide bonds. The minimum absolute atomic E-state index is 0.0141. The molecule has 0 saturated carbocycles. The number of aliphatic hydroxyl groups is 3. The highest BCUT2D eigenvalue weighted by Gasteiger charge is 2.41. The van der Waals surface area contributed by atoms with Crippen molar-refractivity contribution >= 4 is 0 Å². The maximum Gasteiger partial charge on any atom is 0.183 e. The Morgan fingerprint density at radius 1 is 1.06 bits per heavy atom. The average Bonchev–Trinajstić information content (AvgIpc) is 2.82. The topological polar surface area (TPSA) is 99.4 Å². The fourth-order valence-corrected chi connectivity index (χ4v) is 5.94. The Balaban J connectivity index is 1.76. The van der Waals surface area contributed by atoms with E-state index < -0.39 is 18.5 Å². The molecule has 1 unspecified atom stereocenters. The van der Waals surface area contributed by atoms with Crippen LogP contribution >= 0.6 is 0 Å². The molecule has 0 aromatic heterocycles. The summed E-state index contributed by atoms with van der Waals surface area (Å²) in [7, 11) is 0. The van der Waals surface area contributed by atoms with Gasteiger partial charge in [-0.25, -0.2) is 0 Å². The second-order valence-corrected chi connectivity index (χ2v) is 11.9.